The van der Waals surface area contributed by atoms with Gasteiger partial charge in [-0.3, -0.25) is 19.5 Å². The van der Waals surface area contributed by atoms with Crippen molar-refractivity contribution >= 4 is 17.8 Å². The van der Waals surface area contributed by atoms with Crippen LogP contribution in [0.3, 0.4) is 0 Å². The minimum Gasteiger partial charge on any atom is -0.493 e. The summed E-state index contributed by atoms with van der Waals surface area (Å²) in [5, 5.41) is 2.97. The van der Waals surface area contributed by atoms with Crippen molar-refractivity contribution in [2.45, 2.75) is 32.2 Å². The smallest absolute Gasteiger partial charge is 0.246 e. The molecule has 0 unspecified atom stereocenters. The summed E-state index contributed by atoms with van der Waals surface area (Å²) in [4.78, 5) is 33.4. The molecular formula is C32H34N4O4. The molecule has 0 radical (unpaired) electrons. The molecule has 206 valence electrons. The summed E-state index contributed by atoms with van der Waals surface area (Å²) < 4.78 is 12.7. The van der Waals surface area contributed by atoms with Crippen LogP contribution in [0.5, 0.6) is 11.5 Å². The Morgan fingerprint density at radius 1 is 0.925 bits per heavy atom. The normalized spacial score (nSPS) is 13.2. The number of nitrogens with one attached hydrogen (secondary N) is 1. The molecule has 40 heavy (non-hydrogen) atoms. The van der Waals surface area contributed by atoms with Crippen molar-refractivity contribution in [2.24, 2.45) is 5.92 Å². The number of ether oxygens (including phenoxy) is 2. The van der Waals surface area contributed by atoms with Crippen molar-refractivity contribution in [2.75, 3.05) is 26.1 Å². The number of methoxy groups -OCH3 is 2. The highest BCUT2D eigenvalue weighted by Gasteiger charge is 2.29. The van der Waals surface area contributed by atoms with Gasteiger partial charge in [0.25, 0.3) is 0 Å². The maximum Gasteiger partial charge on any atom is 0.246 e. The van der Waals surface area contributed by atoms with E-state index in [-0.39, 0.29) is 24.3 Å². The van der Waals surface area contributed by atoms with Gasteiger partial charge >= 0.3 is 0 Å². The molecule has 3 aromatic carbocycles. The van der Waals surface area contributed by atoms with E-state index in [1.54, 1.807) is 19.1 Å². The average molecular weight is 539 g/mol. The Balaban J connectivity index is 1.44. The molecule has 0 bridgehead atoms. The van der Waals surface area contributed by atoms with E-state index >= 15 is 0 Å². The number of nitrogens with zero attached hydrogens (tertiary/aromatic N) is 3. The van der Waals surface area contributed by atoms with Crippen LogP contribution >= 0.6 is 0 Å². The number of amides is 2. The van der Waals surface area contributed by atoms with Crippen LogP contribution in [0.4, 0.5) is 5.95 Å². The predicted octanol–water partition coefficient (Wildman–Crippen LogP) is 5.71. The Hall–Kier alpha value is -4.59. The molecule has 1 N–H and O–H groups in total. The van der Waals surface area contributed by atoms with Crippen LogP contribution in [0.2, 0.25) is 0 Å². The molecule has 4 aromatic rings. The van der Waals surface area contributed by atoms with Gasteiger partial charge in [0.1, 0.15) is 6.54 Å². The second-order valence-electron chi connectivity index (χ2n) is 9.93. The van der Waals surface area contributed by atoms with E-state index in [9.17, 15) is 9.59 Å². The third-order valence-electron chi connectivity index (χ3n) is 7.24. The molecule has 8 nitrogen and oxygen atoms in total. The Kier molecular flexibility index (Phi) is 8.44. The van der Waals surface area contributed by atoms with Crippen molar-refractivity contribution < 1.29 is 19.1 Å². The summed E-state index contributed by atoms with van der Waals surface area (Å²) in [6, 6.07) is 25.1. The van der Waals surface area contributed by atoms with Crippen LogP contribution in [-0.4, -0.2) is 47.0 Å². The molecule has 1 aliphatic carbocycles. The zero-order chi connectivity index (χ0) is 27.9. The first-order valence-corrected chi connectivity index (χ1v) is 13.6. The fourth-order valence-electron chi connectivity index (χ4n) is 5.17. The largest absolute Gasteiger partial charge is 0.493 e. The number of hydrogen-bond acceptors (Lipinski definition) is 5. The summed E-state index contributed by atoms with van der Waals surface area (Å²) >= 11 is 0. The van der Waals surface area contributed by atoms with Crippen molar-refractivity contribution in [3.8, 4) is 28.4 Å². The Labute approximate surface area is 234 Å². The first-order chi connectivity index (χ1) is 19.6. The predicted molar refractivity (Wildman–Crippen MR) is 155 cm³/mol. The second-order valence-corrected chi connectivity index (χ2v) is 9.93. The van der Waals surface area contributed by atoms with E-state index in [0.29, 0.717) is 29.7 Å². The van der Waals surface area contributed by atoms with Crippen LogP contribution in [0.15, 0.2) is 85.1 Å². The number of hydrogen-bond donors (Lipinski definition) is 1. The van der Waals surface area contributed by atoms with Gasteiger partial charge < -0.3 is 14.4 Å². The molecule has 1 aliphatic rings. The molecule has 0 spiro atoms. The van der Waals surface area contributed by atoms with E-state index in [2.05, 4.69) is 5.32 Å². The van der Waals surface area contributed by atoms with Gasteiger partial charge in [-0.1, -0.05) is 73.5 Å². The number of rotatable bonds is 10. The SMILES string of the molecule is COc1ccc(-n2cc(-c3ccccc3)nc2NC(=O)CN(Cc2ccccc2)C(=O)C2CCCC2)cc1OC. The average Bonchev–Trinajstić information content (AvgIpc) is 3.68. The van der Waals surface area contributed by atoms with Crippen LogP contribution in [-0.2, 0) is 16.1 Å². The summed E-state index contributed by atoms with van der Waals surface area (Å²) in [6.07, 6.45) is 5.71. The minimum absolute atomic E-state index is 0.0321. The fraction of sp³-hybridized carbons (Fsp3) is 0.281. The second kappa shape index (κ2) is 12.5. The molecule has 2 amide bonds. The third kappa shape index (κ3) is 6.17. The molecule has 0 aliphatic heterocycles. The number of carbonyl (C=O) groups excluding carboxylic acids is 2. The standard InChI is InChI=1S/C32H34N4O4/c1-39-28-18-17-26(19-29(28)40-2)36-21-27(24-13-7-4-8-14-24)33-32(36)34-30(37)22-35(20-23-11-5-3-6-12-23)31(38)25-15-9-10-16-25/h3-8,11-14,17-19,21,25H,9-10,15-16,20,22H2,1-2H3,(H,33,34,37). The van der Waals surface area contributed by atoms with Gasteiger partial charge in [0, 0.05) is 30.3 Å². The van der Waals surface area contributed by atoms with Crippen LogP contribution in [0.25, 0.3) is 16.9 Å². The van der Waals surface area contributed by atoms with E-state index in [4.69, 9.17) is 14.5 Å². The molecule has 5 rings (SSSR count). The van der Waals surface area contributed by atoms with Crippen molar-refractivity contribution in [1.82, 2.24) is 14.5 Å². The summed E-state index contributed by atoms with van der Waals surface area (Å²) in [6.45, 7) is 0.312. The molecule has 0 atom stereocenters. The quantitative estimate of drug-likeness (QED) is 0.279. The molecule has 8 heteroatoms. The highest BCUT2D eigenvalue weighted by atomic mass is 16.5. The Morgan fingerprint density at radius 2 is 1.60 bits per heavy atom. The summed E-state index contributed by atoms with van der Waals surface area (Å²) in [7, 11) is 3.16. The molecule has 1 aromatic heterocycles. The number of anilines is 1. The van der Waals surface area contributed by atoms with Crippen molar-refractivity contribution in [1.29, 1.82) is 0 Å². The highest BCUT2D eigenvalue weighted by molar-refractivity contribution is 5.94. The van der Waals surface area contributed by atoms with E-state index < -0.39 is 0 Å². The van der Waals surface area contributed by atoms with E-state index in [0.717, 1.165) is 42.5 Å². The number of aromatic nitrogens is 2. The number of benzene rings is 3. The summed E-state index contributed by atoms with van der Waals surface area (Å²) in [5.74, 6) is 1.20. The van der Waals surface area contributed by atoms with Gasteiger partial charge in [0.2, 0.25) is 17.8 Å². The van der Waals surface area contributed by atoms with Crippen molar-refractivity contribution in [3.05, 3.63) is 90.6 Å². The van der Waals surface area contributed by atoms with Crippen LogP contribution in [0.1, 0.15) is 31.2 Å². The Bertz CT molecular complexity index is 1450. The van der Waals surface area contributed by atoms with Crippen molar-refractivity contribution in [3.63, 3.8) is 0 Å². The maximum atomic E-state index is 13.5. The molecule has 1 fully saturated rings. The summed E-state index contributed by atoms with van der Waals surface area (Å²) in [5.41, 5.74) is 3.35. The topological polar surface area (TPSA) is 85.7 Å². The van der Waals surface area contributed by atoms with Crippen LogP contribution in [0, 0.1) is 5.92 Å². The lowest BCUT2D eigenvalue weighted by molar-refractivity contribution is -0.138. The van der Waals surface area contributed by atoms with Gasteiger partial charge in [0.05, 0.1) is 25.6 Å². The molecule has 1 heterocycles. The fourth-order valence-corrected chi connectivity index (χ4v) is 5.17. The first kappa shape index (κ1) is 27.0. The van der Waals surface area contributed by atoms with Gasteiger partial charge in [0.15, 0.2) is 11.5 Å². The lowest BCUT2D eigenvalue weighted by Gasteiger charge is -2.25. The van der Waals surface area contributed by atoms with Gasteiger partial charge in [-0.05, 0) is 30.5 Å². The zero-order valence-corrected chi connectivity index (χ0v) is 22.9. The monoisotopic (exact) mass is 538 g/mol. The molecular weight excluding hydrogens is 504 g/mol. The van der Waals surface area contributed by atoms with Crippen LogP contribution < -0.4 is 14.8 Å². The number of carbonyl (C=O) groups is 2. The van der Waals surface area contributed by atoms with Gasteiger partial charge in [-0.15, -0.1) is 0 Å². The lowest BCUT2D eigenvalue weighted by atomic mass is 10.1. The zero-order valence-electron chi connectivity index (χ0n) is 22.9. The number of imidazole rings is 1. The molecule has 1 saturated carbocycles. The maximum absolute atomic E-state index is 13.5. The van der Waals surface area contributed by atoms with Gasteiger partial charge in [-0.2, -0.15) is 0 Å². The third-order valence-corrected chi connectivity index (χ3v) is 7.24. The lowest BCUT2D eigenvalue weighted by Crippen LogP contribution is -2.40. The highest BCUT2D eigenvalue weighted by Crippen LogP contribution is 2.32. The minimum atomic E-state index is -0.311. The van der Waals surface area contributed by atoms with E-state index in [1.165, 1.54) is 0 Å². The van der Waals surface area contributed by atoms with E-state index in [1.807, 2.05) is 89.6 Å². The van der Waals surface area contributed by atoms with Gasteiger partial charge in [-0.25, -0.2) is 4.98 Å². The first-order valence-electron chi connectivity index (χ1n) is 13.6. The Morgan fingerprint density at radius 3 is 2.27 bits per heavy atom. The molecule has 0 saturated heterocycles.